The van der Waals surface area contributed by atoms with Crippen molar-refractivity contribution in [1.82, 2.24) is 24.4 Å². The minimum absolute atomic E-state index is 0.0240. The van der Waals surface area contributed by atoms with Crippen LogP contribution in [-0.4, -0.2) is 102 Å². The Morgan fingerprint density at radius 1 is 1.22 bits per heavy atom. The van der Waals surface area contributed by atoms with Crippen LogP contribution >= 0.6 is 22.9 Å². The lowest BCUT2D eigenvalue weighted by Gasteiger charge is -2.40. The highest BCUT2D eigenvalue weighted by Gasteiger charge is 2.41. The number of carbonyl (C=O) groups excluding carboxylic acids is 2. The van der Waals surface area contributed by atoms with Gasteiger partial charge in [-0.25, -0.2) is 13.4 Å². The predicted molar refractivity (Wildman–Crippen MR) is 151 cm³/mol. The third kappa shape index (κ3) is 5.44. The maximum absolute atomic E-state index is 13.8. The standard InChI is InChI=1S/C26H30ClN5O7S2/c1-15-10-19-20(13-28-15)39-24(29-19)25(35)32-5-4-31(14-17(32)12-22(33)30-6-8-38-9-7-30)41(36,37)26-23(34)18-3-2-16(27)11-21(18)40-26/h2-3,11,15,17,28,34H,4-10,12-14H2,1H3. The number of ether oxygens (including phenoxy) is 1. The summed E-state index contributed by atoms with van der Waals surface area (Å²) in [6.07, 6.45) is 0.547. The van der Waals surface area contributed by atoms with Crippen LogP contribution in [0.3, 0.4) is 0 Å². The second-order valence-corrected chi connectivity index (χ2v) is 14.1. The molecule has 2 saturated heterocycles. The first-order valence-corrected chi connectivity index (χ1v) is 16.0. The summed E-state index contributed by atoms with van der Waals surface area (Å²) in [4.78, 5) is 34.6. The second kappa shape index (κ2) is 11.2. The fourth-order valence-corrected chi connectivity index (χ4v) is 8.87. The number of piperazine rings is 1. The number of oxazole rings is 1. The number of morpholine rings is 1. The fraction of sp³-hybridized carbons (Fsp3) is 0.500. The summed E-state index contributed by atoms with van der Waals surface area (Å²) in [6, 6.07) is 4.20. The molecule has 0 spiro atoms. The summed E-state index contributed by atoms with van der Waals surface area (Å²) >= 11 is 7.01. The molecule has 41 heavy (non-hydrogen) atoms. The van der Waals surface area contributed by atoms with Gasteiger partial charge in [0.15, 0.2) is 9.96 Å². The Kier molecular flexibility index (Phi) is 7.72. The Bertz CT molecular complexity index is 1600. The van der Waals surface area contributed by atoms with Gasteiger partial charge in [-0.1, -0.05) is 11.6 Å². The maximum Gasteiger partial charge on any atom is 0.310 e. The topological polar surface area (TPSA) is 146 Å². The van der Waals surface area contributed by atoms with Crippen LogP contribution in [-0.2, 0) is 32.5 Å². The molecule has 15 heteroatoms. The first-order chi connectivity index (χ1) is 19.6. The van der Waals surface area contributed by atoms with Crippen LogP contribution in [0.2, 0.25) is 5.02 Å². The van der Waals surface area contributed by atoms with Crippen molar-refractivity contribution < 1.29 is 32.3 Å². The highest BCUT2D eigenvalue weighted by Crippen LogP contribution is 2.42. The van der Waals surface area contributed by atoms with E-state index >= 15 is 0 Å². The molecule has 2 atom stereocenters. The van der Waals surface area contributed by atoms with Crippen molar-refractivity contribution in [2.45, 2.75) is 42.6 Å². The summed E-state index contributed by atoms with van der Waals surface area (Å²) in [5.41, 5.74) is 0.724. The molecule has 0 saturated carbocycles. The van der Waals surface area contributed by atoms with Crippen molar-refractivity contribution in [2.75, 3.05) is 45.9 Å². The number of fused-ring (bicyclic) bond motifs is 2. The van der Waals surface area contributed by atoms with Crippen molar-refractivity contribution in [3.63, 3.8) is 0 Å². The van der Waals surface area contributed by atoms with Crippen LogP contribution in [0.4, 0.5) is 0 Å². The van der Waals surface area contributed by atoms with E-state index in [2.05, 4.69) is 10.3 Å². The number of sulfonamides is 1. The average molecular weight is 624 g/mol. The Balaban J connectivity index is 1.28. The van der Waals surface area contributed by atoms with Gasteiger partial charge in [-0.3, -0.25) is 9.59 Å². The molecule has 2 aromatic heterocycles. The van der Waals surface area contributed by atoms with E-state index in [1.807, 2.05) is 6.92 Å². The van der Waals surface area contributed by atoms with Crippen LogP contribution in [0.1, 0.15) is 35.5 Å². The molecule has 6 rings (SSSR count). The zero-order valence-corrected chi connectivity index (χ0v) is 24.7. The van der Waals surface area contributed by atoms with Gasteiger partial charge < -0.3 is 29.4 Å². The summed E-state index contributed by atoms with van der Waals surface area (Å²) in [7, 11) is -4.15. The Hall–Kier alpha value is -2.75. The first kappa shape index (κ1) is 28.4. The van der Waals surface area contributed by atoms with E-state index in [0.717, 1.165) is 17.0 Å². The molecule has 12 nitrogen and oxygen atoms in total. The van der Waals surface area contributed by atoms with E-state index in [1.54, 1.807) is 23.1 Å². The Morgan fingerprint density at radius 3 is 2.78 bits per heavy atom. The molecule has 2 unspecified atom stereocenters. The number of rotatable bonds is 5. The zero-order chi connectivity index (χ0) is 28.9. The zero-order valence-electron chi connectivity index (χ0n) is 22.3. The first-order valence-electron chi connectivity index (χ1n) is 13.4. The molecule has 3 aliphatic rings. The highest BCUT2D eigenvalue weighted by atomic mass is 35.5. The summed E-state index contributed by atoms with van der Waals surface area (Å²) < 4.78 is 40.3. The minimum Gasteiger partial charge on any atom is -0.505 e. The number of halogens is 1. The molecular weight excluding hydrogens is 594 g/mol. The monoisotopic (exact) mass is 623 g/mol. The summed E-state index contributed by atoms with van der Waals surface area (Å²) in [5.74, 6) is -0.476. The van der Waals surface area contributed by atoms with Gasteiger partial charge in [-0.2, -0.15) is 4.31 Å². The summed E-state index contributed by atoms with van der Waals surface area (Å²) in [6.45, 7) is 4.06. The van der Waals surface area contributed by atoms with E-state index < -0.39 is 22.0 Å². The average Bonchev–Trinajstić information content (AvgIpc) is 3.53. The molecule has 2 amide bonds. The number of nitrogens with one attached hydrogen (secondary N) is 1. The van der Waals surface area contributed by atoms with E-state index in [-0.39, 0.29) is 53.9 Å². The molecule has 5 heterocycles. The lowest BCUT2D eigenvalue weighted by molar-refractivity contribution is -0.136. The largest absolute Gasteiger partial charge is 0.505 e. The molecule has 0 radical (unpaired) electrons. The van der Waals surface area contributed by atoms with Gasteiger partial charge in [0.05, 0.1) is 31.5 Å². The number of amides is 2. The lowest BCUT2D eigenvalue weighted by atomic mass is 10.1. The van der Waals surface area contributed by atoms with Gasteiger partial charge in [-0.05, 0) is 25.1 Å². The third-order valence-corrected chi connectivity index (χ3v) is 11.4. The second-order valence-electron chi connectivity index (χ2n) is 10.5. The van der Waals surface area contributed by atoms with Crippen molar-refractivity contribution in [3.8, 4) is 5.75 Å². The SMILES string of the molecule is CC1Cc2nc(C(=O)N3CCN(S(=O)(=O)c4sc5cc(Cl)ccc5c4O)CC3CC(=O)N3CCOCC3)oc2CN1. The highest BCUT2D eigenvalue weighted by molar-refractivity contribution is 7.91. The normalized spacial score (nSPS) is 22.2. The van der Waals surface area contributed by atoms with Crippen LogP contribution in [0.25, 0.3) is 10.1 Å². The number of thiophene rings is 1. The molecule has 3 aliphatic heterocycles. The molecule has 3 aromatic rings. The Labute approximate surface area is 245 Å². The van der Waals surface area contributed by atoms with E-state index in [4.69, 9.17) is 20.8 Å². The molecule has 220 valence electrons. The van der Waals surface area contributed by atoms with Gasteiger partial charge in [0.1, 0.15) is 5.76 Å². The predicted octanol–water partition coefficient (Wildman–Crippen LogP) is 2.05. The van der Waals surface area contributed by atoms with Crippen LogP contribution in [0, 0.1) is 0 Å². The number of hydrogen-bond acceptors (Lipinski definition) is 10. The van der Waals surface area contributed by atoms with Crippen molar-refractivity contribution in [1.29, 1.82) is 0 Å². The maximum atomic E-state index is 13.8. The van der Waals surface area contributed by atoms with Gasteiger partial charge in [0.2, 0.25) is 5.91 Å². The van der Waals surface area contributed by atoms with Crippen molar-refractivity contribution >= 4 is 54.9 Å². The molecule has 0 aliphatic carbocycles. The van der Waals surface area contributed by atoms with Gasteiger partial charge in [0, 0.05) is 66.7 Å². The third-order valence-electron chi connectivity index (χ3n) is 7.72. The van der Waals surface area contributed by atoms with Crippen LogP contribution in [0.15, 0.2) is 26.8 Å². The lowest BCUT2D eigenvalue weighted by Crippen LogP contribution is -2.58. The number of aromatic hydroxyl groups is 1. The molecule has 2 fully saturated rings. The number of aromatic nitrogens is 1. The van der Waals surface area contributed by atoms with Gasteiger partial charge in [0.25, 0.3) is 15.9 Å². The number of nitrogens with zero attached hydrogens (tertiary/aromatic N) is 4. The quantitative estimate of drug-likeness (QED) is 0.436. The van der Waals surface area contributed by atoms with E-state index in [1.165, 1.54) is 9.21 Å². The smallest absolute Gasteiger partial charge is 0.310 e. The molecule has 2 N–H and O–H groups in total. The van der Waals surface area contributed by atoms with E-state index in [0.29, 0.717) is 60.1 Å². The molecular formula is C26H30ClN5O7S2. The summed E-state index contributed by atoms with van der Waals surface area (Å²) in [5, 5.41) is 14.9. The Morgan fingerprint density at radius 2 is 2.00 bits per heavy atom. The number of benzene rings is 1. The minimum atomic E-state index is -4.15. The number of carbonyl (C=O) groups is 2. The molecule has 1 aromatic carbocycles. The molecule has 0 bridgehead atoms. The van der Waals surface area contributed by atoms with E-state index in [9.17, 15) is 23.1 Å². The van der Waals surface area contributed by atoms with Crippen LogP contribution in [0.5, 0.6) is 5.75 Å². The van der Waals surface area contributed by atoms with Crippen molar-refractivity contribution in [2.24, 2.45) is 0 Å². The van der Waals surface area contributed by atoms with Crippen molar-refractivity contribution in [3.05, 3.63) is 40.6 Å². The fourth-order valence-electron chi connectivity index (χ4n) is 5.48. The van der Waals surface area contributed by atoms with Crippen LogP contribution < -0.4 is 5.32 Å². The van der Waals surface area contributed by atoms with Gasteiger partial charge >= 0.3 is 5.91 Å². The van der Waals surface area contributed by atoms with Gasteiger partial charge in [-0.15, -0.1) is 11.3 Å². The number of hydrogen-bond donors (Lipinski definition) is 2.